The number of hydrogen-bond acceptors (Lipinski definition) is 4. The molecule has 4 nitrogen and oxygen atoms in total. The Labute approximate surface area is 120 Å². The van der Waals surface area contributed by atoms with E-state index in [0.29, 0.717) is 21.9 Å². The Balaban J connectivity index is 0.000000636. The van der Waals surface area contributed by atoms with Gasteiger partial charge in [0, 0.05) is 18.7 Å². The van der Waals surface area contributed by atoms with Crippen molar-refractivity contribution in [1.29, 1.82) is 0 Å². The van der Waals surface area contributed by atoms with Gasteiger partial charge < -0.3 is 9.52 Å². The van der Waals surface area contributed by atoms with E-state index in [2.05, 4.69) is 4.98 Å². The van der Waals surface area contributed by atoms with Crippen molar-refractivity contribution < 1.29 is 9.52 Å². The summed E-state index contributed by atoms with van der Waals surface area (Å²) < 4.78 is 5.88. The van der Waals surface area contributed by atoms with Gasteiger partial charge in [-0.3, -0.25) is 9.78 Å². The fourth-order valence-corrected chi connectivity index (χ4v) is 2.40. The maximum atomic E-state index is 12.4. The average Bonchev–Trinajstić information content (AvgIpc) is 2.57. The first-order valence-electron chi connectivity index (χ1n) is 6.48. The molecule has 1 N–H and O–H groups in total. The van der Waals surface area contributed by atoms with Crippen LogP contribution in [0.4, 0.5) is 0 Å². The van der Waals surface area contributed by atoms with Crippen LogP contribution in [0.2, 0.25) is 0 Å². The fourth-order valence-electron chi connectivity index (χ4n) is 2.40. The number of benzene rings is 2. The smallest absolute Gasteiger partial charge is 0.200 e. The predicted molar refractivity (Wildman–Crippen MR) is 83.4 cm³/mol. The zero-order valence-corrected chi connectivity index (χ0v) is 11.4. The molecule has 2 aromatic carbocycles. The van der Waals surface area contributed by atoms with E-state index in [1.165, 1.54) is 0 Å². The number of nitrogens with zero attached hydrogens (tertiary/aromatic N) is 1. The summed E-state index contributed by atoms with van der Waals surface area (Å²) in [6.45, 7) is 0. The molecule has 2 aromatic heterocycles. The van der Waals surface area contributed by atoms with E-state index in [-0.39, 0.29) is 5.43 Å². The molecule has 0 aliphatic rings. The van der Waals surface area contributed by atoms with Crippen molar-refractivity contribution in [2.24, 2.45) is 0 Å². The first kappa shape index (κ1) is 13.3. The highest BCUT2D eigenvalue weighted by Gasteiger charge is 2.10. The molecule has 0 aliphatic carbocycles. The maximum Gasteiger partial charge on any atom is 0.200 e. The normalized spacial score (nSPS) is 10.6. The highest BCUT2D eigenvalue weighted by molar-refractivity contribution is 6.04. The quantitative estimate of drug-likeness (QED) is 0.397. The van der Waals surface area contributed by atoms with Crippen molar-refractivity contribution in [3.63, 3.8) is 0 Å². The Morgan fingerprint density at radius 3 is 2.62 bits per heavy atom. The molecule has 0 aliphatic heterocycles. The largest absolute Gasteiger partial charge is 0.454 e. The second-order valence-corrected chi connectivity index (χ2v) is 4.44. The van der Waals surface area contributed by atoms with Crippen molar-refractivity contribution >= 4 is 32.8 Å². The van der Waals surface area contributed by atoms with Gasteiger partial charge in [-0.15, -0.1) is 0 Å². The van der Waals surface area contributed by atoms with Crippen molar-refractivity contribution in [2.75, 3.05) is 7.11 Å². The molecule has 0 unspecified atom stereocenters. The number of para-hydroxylation sites is 1. The molecular formula is C17H13NO3. The van der Waals surface area contributed by atoms with Crippen LogP contribution in [-0.2, 0) is 0 Å². The average molecular weight is 279 g/mol. The molecule has 21 heavy (non-hydrogen) atoms. The Kier molecular flexibility index (Phi) is 3.38. The number of fused-ring (bicyclic) bond motifs is 4. The Hall–Kier alpha value is -2.72. The zero-order valence-electron chi connectivity index (χ0n) is 11.4. The Morgan fingerprint density at radius 1 is 0.952 bits per heavy atom. The molecular weight excluding hydrogens is 266 g/mol. The lowest BCUT2D eigenvalue weighted by Gasteiger charge is -2.03. The van der Waals surface area contributed by atoms with Gasteiger partial charge in [0.25, 0.3) is 0 Å². The van der Waals surface area contributed by atoms with E-state index in [4.69, 9.17) is 9.52 Å². The number of hydrogen-bond donors (Lipinski definition) is 1. The summed E-state index contributed by atoms with van der Waals surface area (Å²) in [4.78, 5) is 16.8. The molecule has 0 atom stereocenters. The van der Waals surface area contributed by atoms with Gasteiger partial charge in [-0.05, 0) is 24.3 Å². The van der Waals surface area contributed by atoms with Crippen LogP contribution >= 0.6 is 0 Å². The second-order valence-electron chi connectivity index (χ2n) is 4.44. The summed E-state index contributed by atoms with van der Waals surface area (Å²) in [7, 11) is 1.00. The first-order chi connectivity index (χ1) is 10.3. The zero-order chi connectivity index (χ0) is 14.8. The van der Waals surface area contributed by atoms with Crippen LogP contribution in [-0.4, -0.2) is 17.2 Å². The summed E-state index contributed by atoms with van der Waals surface area (Å²) >= 11 is 0. The minimum absolute atomic E-state index is 0.00981. The summed E-state index contributed by atoms with van der Waals surface area (Å²) in [5.74, 6) is 0. The van der Waals surface area contributed by atoms with E-state index in [1.54, 1.807) is 24.4 Å². The number of aromatic nitrogens is 1. The first-order valence-corrected chi connectivity index (χ1v) is 6.48. The number of aliphatic hydroxyl groups is 1. The molecule has 0 spiro atoms. The Morgan fingerprint density at radius 2 is 1.76 bits per heavy atom. The van der Waals surface area contributed by atoms with E-state index in [9.17, 15) is 4.79 Å². The van der Waals surface area contributed by atoms with Crippen LogP contribution in [0.3, 0.4) is 0 Å². The summed E-state index contributed by atoms with van der Waals surface area (Å²) in [6, 6.07) is 14.8. The maximum absolute atomic E-state index is 12.4. The molecule has 0 fully saturated rings. The number of aliphatic hydroxyl groups excluding tert-OH is 1. The molecule has 0 bridgehead atoms. The summed E-state index contributed by atoms with van der Waals surface area (Å²) in [5.41, 5.74) is 1.87. The molecule has 0 saturated carbocycles. The van der Waals surface area contributed by atoms with Crippen LogP contribution in [0.15, 0.2) is 63.9 Å². The number of rotatable bonds is 0. The van der Waals surface area contributed by atoms with E-state index < -0.39 is 0 Å². The van der Waals surface area contributed by atoms with Crippen LogP contribution in [0.5, 0.6) is 0 Å². The van der Waals surface area contributed by atoms with E-state index in [1.807, 2.05) is 30.3 Å². The SMILES string of the molecule is CO.O=c1c2ccccc2oc2c1ccc1cccnc12. The van der Waals surface area contributed by atoms with Gasteiger partial charge in [-0.2, -0.15) is 0 Å². The van der Waals surface area contributed by atoms with Crippen molar-refractivity contribution in [1.82, 2.24) is 4.98 Å². The van der Waals surface area contributed by atoms with E-state index >= 15 is 0 Å². The van der Waals surface area contributed by atoms with E-state index in [0.717, 1.165) is 18.0 Å². The van der Waals surface area contributed by atoms with Gasteiger partial charge in [-0.1, -0.05) is 24.3 Å². The predicted octanol–water partition coefficient (Wildman–Crippen LogP) is 3.10. The second kappa shape index (κ2) is 5.34. The van der Waals surface area contributed by atoms with Gasteiger partial charge in [0.05, 0.1) is 10.8 Å². The summed E-state index contributed by atoms with van der Waals surface area (Å²) in [5, 5.41) is 9.14. The van der Waals surface area contributed by atoms with Gasteiger partial charge in [0.15, 0.2) is 5.58 Å². The Bertz CT molecular complexity index is 989. The molecule has 4 aromatic rings. The molecule has 4 heteroatoms. The fraction of sp³-hybridized carbons (Fsp3) is 0.0588. The van der Waals surface area contributed by atoms with Crippen molar-refractivity contribution in [2.45, 2.75) is 0 Å². The van der Waals surface area contributed by atoms with Gasteiger partial charge in [-0.25, -0.2) is 0 Å². The van der Waals surface area contributed by atoms with Crippen LogP contribution < -0.4 is 5.43 Å². The third kappa shape index (κ3) is 2.06. The topological polar surface area (TPSA) is 63.3 Å². The lowest BCUT2D eigenvalue weighted by molar-refractivity contribution is 0.399. The third-order valence-electron chi connectivity index (χ3n) is 3.32. The monoisotopic (exact) mass is 279 g/mol. The highest BCUT2D eigenvalue weighted by Crippen LogP contribution is 2.24. The lowest BCUT2D eigenvalue weighted by atomic mass is 10.1. The molecule has 104 valence electrons. The number of pyridine rings is 1. The molecule has 0 radical (unpaired) electrons. The lowest BCUT2D eigenvalue weighted by Crippen LogP contribution is -2.02. The summed E-state index contributed by atoms with van der Waals surface area (Å²) in [6.07, 6.45) is 1.71. The molecule has 0 saturated heterocycles. The minimum atomic E-state index is -0.00981. The third-order valence-corrected chi connectivity index (χ3v) is 3.32. The van der Waals surface area contributed by atoms with Gasteiger partial charge in [0.2, 0.25) is 5.43 Å². The molecule has 0 amide bonds. The van der Waals surface area contributed by atoms with Crippen LogP contribution in [0.1, 0.15) is 0 Å². The van der Waals surface area contributed by atoms with Crippen molar-refractivity contribution in [3.8, 4) is 0 Å². The van der Waals surface area contributed by atoms with Gasteiger partial charge >= 0.3 is 0 Å². The van der Waals surface area contributed by atoms with Crippen molar-refractivity contribution in [3.05, 3.63) is 65.0 Å². The van der Waals surface area contributed by atoms with Crippen LogP contribution in [0.25, 0.3) is 32.8 Å². The minimum Gasteiger partial charge on any atom is -0.454 e. The molecule has 2 heterocycles. The standard InChI is InChI=1S/C16H9NO2.CH4O/c18-15-11-5-1-2-6-13(11)19-16-12(15)8-7-10-4-3-9-17-14(10)16;1-2/h1-9H;2H,1H3. The highest BCUT2D eigenvalue weighted by atomic mass is 16.3. The van der Waals surface area contributed by atoms with Gasteiger partial charge in [0.1, 0.15) is 11.1 Å². The molecule has 4 rings (SSSR count). The van der Waals surface area contributed by atoms with Crippen LogP contribution in [0, 0.1) is 0 Å².